The number of carboxylic acids is 1. The van der Waals surface area contributed by atoms with Gasteiger partial charge in [-0.2, -0.15) is 13.2 Å². The number of carbonyl (C=O) groups is 1. The SMILES string of the molecule is O=C(O)C1CN(Cc2ccc3c(c2)OCc2c-3noc2-c2onc(-c3ccccc3)c2C(F)(F)F)C1. The van der Waals surface area contributed by atoms with Gasteiger partial charge in [-0.1, -0.05) is 46.7 Å². The molecule has 0 atom stereocenters. The van der Waals surface area contributed by atoms with Crippen molar-refractivity contribution in [1.29, 1.82) is 0 Å². The molecule has 2 aliphatic rings. The molecule has 2 aromatic carbocycles. The minimum absolute atomic E-state index is 0.0614. The Morgan fingerprint density at radius 1 is 1.03 bits per heavy atom. The standard InChI is InChI=1S/C25H18F3N3O5/c26-25(27,28)19-20(14-4-2-1-3-5-14)29-36-23(19)22-17-12-34-18-8-13(6-7-16(18)21(17)30-35-22)9-31-10-15(11-31)24(32)33/h1-8,15H,9-12H2,(H,32,33). The second-order valence-electron chi connectivity index (χ2n) is 8.79. The molecule has 6 rings (SSSR count). The molecule has 0 unspecified atom stereocenters. The van der Waals surface area contributed by atoms with Gasteiger partial charge >= 0.3 is 12.1 Å². The van der Waals surface area contributed by atoms with E-state index in [2.05, 4.69) is 10.3 Å². The third kappa shape index (κ3) is 3.72. The van der Waals surface area contributed by atoms with Crippen molar-refractivity contribution in [3.63, 3.8) is 0 Å². The molecule has 2 aromatic heterocycles. The van der Waals surface area contributed by atoms with Crippen LogP contribution in [-0.4, -0.2) is 39.4 Å². The molecule has 1 saturated heterocycles. The van der Waals surface area contributed by atoms with Crippen molar-refractivity contribution in [1.82, 2.24) is 15.2 Å². The van der Waals surface area contributed by atoms with E-state index in [-0.39, 0.29) is 29.5 Å². The number of ether oxygens (including phenoxy) is 1. The molecule has 0 saturated carbocycles. The molecule has 0 spiro atoms. The molecule has 1 fully saturated rings. The molecule has 4 aromatic rings. The van der Waals surface area contributed by atoms with Gasteiger partial charge in [-0.05, 0) is 17.7 Å². The van der Waals surface area contributed by atoms with Crippen LogP contribution in [0.1, 0.15) is 16.7 Å². The fraction of sp³-hybridized carbons (Fsp3) is 0.240. The van der Waals surface area contributed by atoms with Crippen LogP contribution in [0.5, 0.6) is 5.75 Å². The molecular weight excluding hydrogens is 479 g/mol. The number of alkyl halides is 3. The number of likely N-dealkylation sites (tertiary alicyclic amines) is 1. The van der Waals surface area contributed by atoms with Crippen LogP contribution in [0.4, 0.5) is 13.2 Å². The molecule has 36 heavy (non-hydrogen) atoms. The van der Waals surface area contributed by atoms with Crippen LogP contribution in [0, 0.1) is 5.92 Å². The van der Waals surface area contributed by atoms with Gasteiger partial charge in [0, 0.05) is 30.8 Å². The van der Waals surface area contributed by atoms with Gasteiger partial charge in [-0.3, -0.25) is 9.69 Å². The van der Waals surface area contributed by atoms with Crippen molar-refractivity contribution >= 4 is 5.97 Å². The van der Waals surface area contributed by atoms with Crippen molar-refractivity contribution in [3.05, 3.63) is 65.2 Å². The number of nitrogens with zero attached hydrogens (tertiary/aromatic N) is 3. The maximum atomic E-state index is 14.1. The number of aliphatic carboxylic acids is 1. The van der Waals surface area contributed by atoms with E-state index in [0.717, 1.165) is 5.56 Å². The monoisotopic (exact) mass is 497 g/mol. The lowest BCUT2D eigenvalue weighted by atomic mass is 9.97. The highest BCUT2D eigenvalue weighted by Crippen LogP contribution is 2.47. The van der Waals surface area contributed by atoms with E-state index in [9.17, 15) is 18.0 Å². The second kappa shape index (κ2) is 8.23. The van der Waals surface area contributed by atoms with E-state index in [0.29, 0.717) is 42.2 Å². The summed E-state index contributed by atoms with van der Waals surface area (Å²) in [4.78, 5) is 13.0. The Bertz CT molecular complexity index is 1460. The number of rotatable bonds is 5. The Morgan fingerprint density at radius 3 is 2.47 bits per heavy atom. The summed E-state index contributed by atoms with van der Waals surface area (Å²) < 4.78 is 58.7. The first-order valence-corrected chi connectivity index (χ1v) is 11.1. The summed E-state index contributed by atoms with van der Waals surface area (Å²) in [5.74, 6) is -1.36. The van der Waals surface area contributed by atoms with Crippen LogP contribution >= 0.6 is 0 Å². The fourth-order valence-corrected chi connectivity index (χ4v) is 4.58. The van der Waals surface area contributed by atoms with Crippen LogP contribution in [0.3, 0.4) is 0 Å². The predicted octanol–water partition coefficient (Wildman–Crippen LogP) is 5.09. The van der Waals surface area contributed by atoms with Crippen LogP contribution < -0.4 is 4.74 Å². The Hall–Kier alpha value is -4.12. The minimum atomic E-state index is -4.75. The summed E-state index contributed by atoms with van der Waals surface area (Å²) in [5.41, 5.74) is 1.11. The van der Waals surface area contributed by atoms with Crippen molar-refractivity contribution in [2.24, 2.45) is 5.92 Å². The number of halogens is 3. The van der Waals surface area contributed by atoms with Gasteiger partial charge in [0.1, 0.15) is 29.3 Å². The summed E-state index contributed by atoms with van der Waals surface area (Å²) in [6.07, 6.45) is -4.75. The van der Waals surface area contributed by atoms with E-state index >= 15 is 0 Å². The molecule has 8 nitrogen and oxygen atoms in total. The van der Waals surface area contributed by atoms with Crippen molar-refractivity contribution in [2.75, 3.05) is 13.1 Å². The van der Waals surface area contributed by atoms with E-state index in [1.165, 1.54) is 12.1 Å². The molecule has 184 valence electrons. The molecule has 1 N–H and O–H groups in total. The maximum absolute atomic E-state index is 14.1. The molecular formula is C25H18F3N3O5. The Balaban J connectivity index is 1.33. The first kappa shape index (κ1) is 22.4. The third-order valence-electron chi connectivity index (χ3n) is 6.40. The first-order chi connectivity index (χ1) is 17.3. The van der Waals surface area contributed by atoms with E-state index in [1.54, 1.807) is 24.3 Å². The average Bonchev–Trinajstić information content (AvgIpc) is 3.45. The van der Waals surface area contributed by atoms with E-state index in [1.807, 2.05) is 17.0 Å². The van der Waals surface area contributed by atoms with Crippen molar-refractivity contribution in [3.8, 4) is 39.8 Å². The third-order valence-corrected chi connectivity index (χ3v) is 6.40. The average molecular weight is 497 g/mol. The van der Waals surface area contributed by atoms with Crippen molar-refractivity contribution in [2.45, 2.75) is 19.3 Å². The molecule has 0 bridgehead atoms. The zero-order chi connectivity index (χ0) is 25.0. The fourth-order valence-electron chi connectivity index (χ4n) is 4.58. The second-order valence-corrected chi connectivity index (χ2v) is 8.79. The topological polar surface area (TPSA) is 102 Å². The number of carboxylic acid groups (broad SMARTS) is 1. The van der Waals surface area contributed by atoms with E-state index < -0.39 is 23.5 Å². The van der Waals surface area contributed by atoms with Gasteiger partial charge in [0.15, 0.2) is 0 Å². The van der Waals surface area contributed by atoms with Gasteiger partial charge in [0.2, 0.25) is 11.5 Å². The lowest BCUT2D eigenvalue weighted by Crippen LogP contribution is -2.49. The van der Waals surface area contributed by atoms with Crippen LogP contribution in [0.25, 0.3) is 34.0 Å². The summed E-state index contributed by atoms with van der Waals surface area (Å²) >= 11 is 0. The largest absolute Gasteiger partial charge is 0.488 e. The highest BCUT2D eigenvalue weighted by Gasteiger charge is 2.44. The van der Waals surface area contributed by atoms with Gasteiger partial charge in [-0.25, -0.2) is 0 Å². The van der Waals surface area contributed by atoms with Gasteiger partial charge in [-0.15, -0.1) is 0 Å². The van der Waals surface area contributed by atoms with Gasteiger partial charge in [0.05, 0.1) is 11.5 Å². The van der Waals surface area contributed by atoms with E-state index in [4.69, 9.17) is 18.9 Å². The maximum Gasteiger partial charge on any atom is 0.422 e. The highest BCUT2D eigenvalue weighted by molar-refractivity contribution is 5.79. The highest BCUT2D eigenvalue weighted by atomic mass is 19.4. The summed E-state index contributed by atoms with van der Waals surface area (Å²) in [6, 6.07) is 13.4. The molecule has 0 radical (unpaired) electrons. The Labute approximate surface area is 201 Å². The summed E-state index contributed by atoms with van der Waals surface area (Å²) in [7, 11) is 0. The molecule has 2 aliphatic heterocycles. The van der Waals surface area contributed by atoms with Crippen molar-refractivity contribution < 1.29 is 36.9 Å². The summed E-state index contributed by atoms with van der Waals surface area (Å²) in [5, 5.41) is 16.8. The molecule has 11 heteroatoms. The number of fused-ring (bicyclic) bond motifs is 3. The number of benzene rings is 2. The number of hydrogen-bond donors (Lipinski definition) is 1. The molecule has 0 amide bonds. The lowest BCUT2D eigenvalue weighted by molar-refractivity contribution is -0.147. The van der Waals surface area contributed by atoms with Gasteiger partial charge < -0.3 is 18.9 Å². The predicted molar refractivity (Wildman–Crippen MR) is 119 cm³/mol. The van der Waals surface area contributed by atoms with Crippen LogP contribution in [-0.2, 0) is 24.1 Å². The molecule has 4 heterocycles. The van der Waals surface area contributed by atoms with Crippen LogP contribution in [0.2, 0.25) is 0 Å². The Morgan fingerprint density at radius 2 is 1.75 bits per heavy atom. The smallest absolute Gasteiger partial charge is 0.422 e. The number of hydrogen-bond acceptors (Lipinski definition) is 7. The minimum Gasteiger partial charge on any atom is -0.488 e. The quantitative estimate of drug-likeness (QED) is 0.407. The lowest BCUT2D eigenvalue weighted by Gasteiger charge is -2.36. The van der Waals surface area contributed by atoms with Crippen LogP contribution in [0.15, 0.2) is 57.6 Å². The van der Waals surface area contributed by atoms with Gasteiger partial charge in [0.25, 0.3) is 0 Å². The molecule has 0 aliphatic carbocycles. The zero-order valence-corrected chi connectivity index (χ0v) is 18.6. The Kier molecular flexibility index (Phi) is 5.11. The zero-order valence-electron chi connectivity index (χ0n) is 18.6. The summed E-state index contributed by atoms with van der Waals surface area (Å²) in [6.45, 7) is 1.46. The first-order valence-electron chi connectivity index (χ1n) is 11.1. The number of aromatic nitrogens is 2. The normalized spacial score (nSPS) is 15.6.